The van der Waals surface area contributed by atoms with Crippen molar-refractivity contribution in [1.29, 1.82) is 0 Å². The molecule has 1 N–H and O–H groups in total. The van der Waals surface area contributed by atoms with Gasteiger partial charge in [-0.05, 0) is 12.1 Å². The summed E-state index contributed by atoms with van der Waals surface area (Å²) < 4.78 is 21.4. The van der Waals surface area contributed by atoms with Crippen LogP contribution in [0, 0.1) is 0 Å². The predicted molar refractivity (Wildman–Crippen MR) is 55.3 cm³/mol. The molecule has 0 atom stereocenters. The monoisotopic (exact) mass is 213 g/mol. The highest BCUT2D eigenvalue weighted by Crippen LogP contribution is 2.44. The van der Waals surface area contributed by atoms with E-state index < -0.39 is 7.60 Å². The Hall–Kier alpha value is -0.605. The van der Waals surface area contributed by atoms with Crippen LogP contribution in [-0.4, -0.2) is 26.7 Å². The Balaban J connectivity index is 3.01. The lowest BCUT2D eigenvalue weighted by molar-refractivity contribution is 0.287. The van der Waals surface area contributed by atoms with Crippen molar-refractivity contribution in [1.82, 2.24) is 0 Å². The fourth-order valence-electron chi connectivity index (χ4n) is 1.03. The molecule has 6 heteroatoms. The molecule has 0 aliphatic heterocycles. The SMILES string of the molecule is COP(=O)(OC)c1ccc([B]O)cc1. The van der Waals surface area contributed by atoms with Crippen molar-refractivity contribution < 1.29 is 18.6 Å². The van der Waals surface area contributed by atoms with E-state index in [9.17, 15) is 4.57 Å². The minimum atomic E-state index is -3.16. The largest absolute Gasteiger partial charge is 0.450 e. The molecular weight excluding hydrogens is 202 g/mol. The van der Waals surface area contributed by atoms with Gasteiger partial charge in [-0.1, -0.05) is 17.6 Å². The molecule has 75 valence electrons. The summed E-state index contributed by atoms with van der Waals surface area (Å²) in [6.07, 6.45) is 0. The zero-order valence-corrected chi connectivity index (χ0v) is 8.90. The van der Waals surface area contributed by atoms with E-state index in [0.29, 0.717) is 10.8 Å². The highest BCUT2D eigenvalue weighted by atomic mass is 31.2. The van der Waals surface area contributed by atoms with E-state index in [4.69, 9.17) is 14.1 Å². The number of benzene rings is 1. The lowest BCUT2D eigenvalue weighted by Gasteiger charge is -2.13. The summed E-state index contributed by atoms with van der Waals surface area (Å²) in [5.74, 6) is 0. The highest BCUT2D eigenvalue weighted by molar-refractivity contribution is 7.62. The van der Waals surface area contributed by atoms with Crippen LogP contribution in [0.1, 0.15) is 0 Å². The van der Waals surface area contributed by atoms with Crippen LogP contribution in [0.25, 0.3) is 0 Å². The lowest BCUT2D eigenvalue weighted by atomic mass is 9.89. The Bertz CT molecular complexity index is 330. The Morgan fingerprint density at radius 3 is 2.07 bits per heavy atom. The summed E-state index contributed by atoms with van der Waals surface area (Å²) in [7, 11) is 0.467. The molecule has 0 spiro atoms. The highest BCUT2D eigenvalue weighted by Gasteiger charge is 2.23. The van der Waals surface area contributed by atoms with Gasteiger partial charge < -0.3 is 14.1 Å². The molecule has 0 bridgehead atoms. The standard InChI is InChI=1S/C8H11BO4P/c1-12-14(11,13-2)8-5-3-7(9-10)4-6-8/h3-6,10H,1-2H3. The molecule has 0 aliphatic rings. The molecule has 0 aromatic heterocycles. The number of rotatable bonds is 4. The van der Waals surface area contributed by atoms with Crippen molar-refractivity contribution in [3.8, 4) is 0 Å². The normalized spacial score (nSPS) is 11.4. The van der Waals surface area contributed by atoms with E-state index in [1.165, 1.54) is 14.2 Å². The Morgan fingerprint density at radius 1 is 1.21 bits per heavy atom. The maximum absolute atomic E-state index is 11.8. The quantitative estimate of drug-likeness (QED) is 0.566. The lowest BCUT2D eigenvalue weighted by Crippen LogP contribution is -2.17. The summed E-state index contributed by atoms with van der Waals surface area (Å²) in [6, 6.07) is 6.44. The van der Waals surface area contributed by atoms with Crippen molar-refractivity contribution in [3.05, 3.63) is 24.3 Å². The van der Waals surface area contributed by atoms with Gasteiger partial charge in [-0.25, -0.2) is 0 Å². The topological polar surface area (TPSA) is 55.8 Å². The van der Waals surface area contributed by atoms with E-state index in [1.807, 2.05) is 0 Å². The van der Waals surface area contributed by atoms with Gasteiger partial charge in [-0.2, -0.15) is 0 Å². The zero-order valence-electron chi connectivity index (χ0n) is 8.01. The molecule has 4 nitrogen and oxygen atoms in total. The maximum Gasteiger partial charge on any atom is 0.360 e. The molecule has 0 saturated heterocycles. The van der Waals surface area contributed by atoms with E-state index in [1.54, 1.807) is 24.3 Å². The van der Waals surface area contributed by atoms with E-state index in [-0.39, 0.29) is 0 Å². The van der Waals surface area contributed by atoms with Gasteiger partial charge in [-0.15, -0.1) is 0 Å². The minimum absolute atomic E-state index is 0.466. The summed E-state index contributed by atoms with van der Waals surface area (Å²) in [6.45, 7) is 0. The molecule has 0 saturated carbocycles. The molecule has 0 heterocycles. The molecule has 1 radical (unpaired) electrons. The third-order valence-corrected chi connectivity index (χ3v) is 3.73. The van der Waals surface area contributed by atoms with Crippen LogP contribution in [0.15, 0.2) is 24.3 Å². The average molecular weight is 213 g/mol. The van der Waals surface area contributed by atoms with Crippen molar-refractivity contribution in [2.75, 3.05) is 14.2 Å². The zero-order chi connectivity index (χ0) is 10.6. The first-order valence-electron chi connectivity index (χ1n) is 3.96. The summed E-state index contributed by atoms with van der Waals surface area (Å²) in [4.78, 5) is 0. The fourth-order valence-corrected chi connectivity index (χ4v) is 2.11. The average Bonchev–Trinajstić information content (AvgIpc) is 2.28. The van der Waals surface area contributed by atoms with Gasteiger partial charge in [0.25, 0.3) is 0 Å². The van der Waals surface area contributed by atoms with Crippen molar-refractivity contribution in [2.24, 2.45) is 0 Å². The van der Waals surface area contributed by atoms with Crippen LogP contribution < -0.4 is 10.8 Å². The Labute approximate surface area is 83.7 Å². The first-order chi connectivity index (χ1) is 6.66. The second-order valence-corrected chi connectivity index (χ2v) is 4.82. The van der Waals surface area contributed by atoms with E-state index in [0.717, 1.165) is 7.48 Å². The fraction of sp³-hybridized carbons (Fsp3) is 0.250. The van der Waals surface area contributed by atoms with Gasteiger partial charge in [0, 0.05) is 14.2 Å². The van der Waals surface area contributed by atoms with Crippen molar-refractivity contribution in [3.63, 3.8) is 0 Å². The molecule has 0 fully saturated rings. The second kappa shape index (κ2) is 4.76. The Kier molecular flexibility index (Phi) is 3.90. The van der Waals surface area contributed by atoms with Crippen LogP contribution in [0.4, 0.5) is 0 Å². The third-order valence-electron chi connectivity index (χ3n) is 1.84. The van der Waals surface area contributed by atoms with Gasteiger partial charge in [0.05, 0.1) is 5.30 Å². The van der Waals surface area contributed by atoms with E-state index in [2.05, 4.69) is 0 Å². The molecule has 0 unspecified atom stereocenters. The van der Waals surface area contributed by atoms with Gasteiger partial charge in [0.2, 0.25) is 0 Å². The summed E-state index contributed by atoms with van der Waals surface area (Å²) in [5.41, 5.74) is 0.632. The molecule has 1 aromatic carbocycles. The number of hydrogen-bond acceptors (Lipinski definition) is 4. The maximum atomic E-state index is 11.8. The van der Waals surface area contributed by atoms with Crippen molar-refractivity contribution >= 4 is 25.8 Å². The molecule has 14 heavy (non-hydrogen) atoms. The minimum Gasteiger partial charge on any atom is -0.450 e. The Morgan fingerprint density at radius 2 is 1.71 bits per heavy atom. The van der Waals surface area contributed by atoms with Crippen LogP contribution in [0.5, 0.6) is 0 Å². The molecule has 1 rings (SSSR count). The van der Waals surface area contributed by atoms with Crippen LogP contribution in [0.3, 0.4) is 0 Å². The van der Waals surface area contributed by atoms with Crippen LogP contribution >= 0.6 is 7.60 Å². The smallest absolute Gasteiger partial charge is 0.360 e. The van der Waals surface area contributed by atoms with E-state index >= 15 is 0 Å². The first kappa shape index (κ1) is 11.5. The van der Waals surface area contributed by atoms with Crippen LogP contribution in [0.2, 0.25) is 0 Å². The molecule has 0 aliphatic carbocycles. The second-order valence-electron chi connectivity index (χ2n) is 2.58. The van der Waals surface area contributed by atoms with Crippen LogP contribution in [-0.2, 0) is 13.6 Å². The molecule has 1 aromatic rings. The summed E-state index contributed by atoms with van der Waals surface area (Å²) in [5, 5.41) is 9.15. The number of hydrogen-bond donors (Lipinski definition) is 1. The van der Waals surface area contributed by atoms with Crippen molar-refractivity contribution in [2.45, 2.75) is 0 Å². The summed E-state index contributed by atoms with van der Waals surface area (Å²) >= 11 is 0. The third kappa shape index (κ3) is 2.25. The predicted octanol–water partition coefficient (Wildman–Crippen LogP) is 0.0346. The van der Waals surface area contributed by atoms with Gasteiger partial charge in [-0.3, -0.25) is 4.57 Å². The van der Waals surface area contributed by atoms with Gasteiger partial charge >= 0.3 is 15.1 Å². The van der Waals surface area contributed by atoms with Gasteiger partial charge in [0.15, 0.2) is 0 Å². The first-order valence-corrected chi connectivity index (χ1v) is 5.50. The molecule has 0 amide bonds. The molecular formula is C8H11BO4P. The van der Waals surface area contributed by atoms with Gasteiger partial charge in [0.1, 0.15) is 0 Å².